The molecule has 0 aliphatic heterocycles. The fourth-order valence-electron chi connectivity index (χ4n) is 1.98. The monoisotopic (exact) mass is 245 g/mol. The summed E-state index contributed by atoms with van der Waals surface area (Å²) < 4.78 is 39.7. The molecular formula is C12H14F3NO. The minimum atomic E-state index is -4.62. The third kappa shape index (κ3) is 3.36. The van der Waals surface area contributed by atoms with Gasteiger partial charge in [0, 0.05) is 6.04 Å². The van der Waals surface area contributed by atoms with Crippen molar-refractivity contribution in [3.8, 4) is 5.75 Å². The van der Waals surface area contributed by atoms with Crippen molar-refractivity contribution in [3.05, 3.63) is 29.8 Å². The Morgan fingerprint density at radius 2 is 1.82 bits per heavy atom. The van der Waals surface area contributed by atoms with Gasteiger partial charge in [0.15, 0.2) is 0 Å². The molecule has 0 spiro atoms. The van der Waals surface area contributed by atoms with E-state index in [1.165, 1.54) is 25.0 Å². The molecule has 1 fully saturated rings. The van der Waals surface area contributed by atoms with E-state index in [4.69, 9.17) is 0 Å². The zero-order valence-corrected chi connectivity index (χ0v) is 9.42. The first-order chi connectivity index (χ1) is 7.99. The first-order valence-electron chi connectivity index (χ1n) is 5.52. The Kier molecular flexibility index (Phi) is 3.28. The molecule has 1 aromatic rings. The number of hydrogen-bond donors (Lipinski definition) is 1. The Labute approximate surface area is 97.8 Å². The lowest BCUT2D eigenvalue weighted by molar-refractivity contribution is -0.274. The van der Waals surface area contributed by atoms with E-state index in [9.17, 15) is 13.2 Å². The Bertz CT molecular complexity index is 370. The molecule has 0 aromatic heterocycles. The molecule has 1 aliphatic carbocycles. The van der Waals surface area contributed by atoms with Crippen LogP contribution in [-0.2, 0) is 0 Å². The van der Waals surface area contributed by atoms with Crippen molar-refractivity contribution in [2.24, 2.45) is 5.92 Å². The molecule has 0 amide bonds. The lowest BCUT2D eigenvalue weighted by atomic mass is 10.0. The third-order valence-corrected chi connectivity index (χ3v) is 2.88. The number of nitrogens with one attached hydrogen (secondary N) is 1. The van der Waals surface area contributed by atoms with E-state index in [0.29, 0.717) is 5.92 Å². The molecule has 2 rings (SSSR count). The van der Waals surface area contributed by atoms with Gasteiger partial charge in [-0.1, -0.05) is 12.1 Å². The Morgan fingerprint density at radius 3 is 2.24 bits per heavy atom. The number of rotatable bonds is 4. The Morgan fingerprint density at radius 1 is 1.24 bits per heavy atom. The first-order valence-corrected chi connectivity index (χ1v) is 5.52. The predicted octanol–water partition coefficient (Wildman–Crippen LogP) is 3.26. The summed E-state index contributed by atoms with van der Waals surface area (Å²) in [6.07, 6.45) is -2.28. The highest BCUT2D eigenvalue weighted by atomic mass is 19.4. The van der Waals surface area contributed by atoms with Crippen molar-refractivity contribution in [1.82, 2.24) is 5.32 Å². The van der Waals surface area contributed by atoms with Gasteiger partial charge in [-0.05, 0) is 43.5 Å². The molecule has 5 heteroatoms. The van der Waals surface area contributed by atoms with Gasteiger partial charge in [0.25, 0.3) is 0 Å². The van der Waals surface area contributed by atoms with Gasteiger partial charge in [0.2, 0.25) is 0 Å². The summed E-state index contributed by atoms with van der Waals surface area (Å²) in [6, 6.07) is 6.31. The van der Waals surface area contributed by atoms with Crippen LogP contribution in [0.25, 0.3) is 0 Å². The maximum atomic E-state index is 12.0. The highest BCUT2D eigenvalue weighted by molar-refractivity contribution is 5.30. The quantitative estimate of drug-likeness (QED) is 0.879. The van der Waals surface area contributed by atoms with Crippen LogP contribution < -0.4 is 10.1 Å². The molecule has 0 bridgehead atoms. The second-order valence-corrected chi connectivity index (χ2v) is 4.22. The van der Waals surface area contributed by atoms with Crippen LogP contribution in [0.15, 0.2) is 24.3 Å². The van der Waals surface area contributed by atoms with E-state index in [0.717, 1.165) is 5.56 Å². The zero-order chi connectivity index (χ0) is 12.5. The van der Waals surface area contributed by atoms with Crippen LogP contribution in [0.4, 0.5) is 13.2 Å². The summed E-state index contributed by atoms with van der Waals surface area (Å²) in [5.41, 5.74) is 1.00. The summed E-state index contributed by atoms with van der Waals surface area (Å²) in [4.78, 5) is 0. The van der Waals surface area contributed by atoms with Gasteiger partial charge >= 0.3 is 6.36 Å². The lowest BCUT2D eigenvalue weighted by Crippen LogP contribution is -2.19. The van der Waals surface area contributed by atoms with Crippen molar-refractivity contribution in [1.29, 1.82) is 0 Å². The SMILES string of the molecule is CNC(c1ccc(OC(F)(F)F)cc1)C1CC1. The van der Waals surface area contributed by atoms with Crippen molar-refractivity contribution in [3.63, 3.8) is 0 Å². The van der Waals surface area contributed by atoms with Crippen LogP contribution in [0.1, 0.15) is 24.4 Å². The molecule has 1 aliphatic rings. The van der Waals surface area contributed by atoms with Crippen LogP contribution in [0.5, 0.6) is 5.75 Å². The van der Waals surface area contributed by atoms with Gasteiger partial charge in [0.05, 0.1) is 0 Å². The second kappa shape index (κ2) is 4.56. The average molecular weight is 245 g/mol. The highest BCUT2D eigenvalue weighted by Gasteiger charge is 2.32. The summed E-state index contributed by atoms with van der Waals surface area (Å²) in [5, 5.41) is 3.18. The number of halogens is 3. The number of hydrogen-bond acceptors (Lipinski definition) is 2. The topological polar surface area (TPSA) is 21.3 Å². The highest BCUT2D eigenvalue weighted by Crippen LogP contribution is 2.41. The molecular weight excluding hydrogens is 231 g/mol. The second-order valence-electron chi connectivity index (χ2n) is 4.22. The molecule has 1 unspecified atom stereocenters. The van der Waals surface area contributed by atoms with E-state index in [1.54, 1.807) is 12.1 Å². The molecule has 0 radical (unpaired) electrons. The smallest absolute Gasteiger partial charge is 0.406 e. The van der Waals surface area contributed by atoms with Gasteiger partial charge in [-0.25, -0.2) is 0 Å². The Hall–Kier alpha value is -1.23. The van der Waals surface area contributed by atoms with Crippen LogP contribution in [0.3, 0.4) is 0 Å². The molecule has 0 heterocycles. The van der Waals surface area contributed by atoms with Crippen LogP contribution >= 0.6 is 0 Å². The standard InChI is InChI=1S/C12H14F3NO/c1-16-11(8-2-3-8)9-4-6-10(7-5-9)17-12(13,14)15/h4-8,11,16H,2-3H2,1H3. The van der Waals surface area contributed by atoms with E-state index < -0.39 is 6.36 Å². The normalized spacial score (nSPS) is 17.9. The van der Waals surface area contributed by atoms with Gasteiger partial charge in [-0.15, -0.1) is 13.2 Å². The average Bonchev–Trinajstić information content (AvgIpc) is 3.04. The summed E-state index contributed by atoms with van der Waals surface area (Å²) in [7, 11) is 1.86. The van der Waals surface area contributed by atoms with Crippen LogP contribution in [-0.4, -0.2) is 13.4 Å². The van der Waals surface area contributed by atoms with E-state index >= 15 is 0 Å². The molecule has 2 nitrogen and oxygen atoms in total. The van der Waals surface area contributed by atoms with E-state index in [-0.39, 0.29) is 11.8 Å². The largest absolute Gasteiger partial charge is 0.573 e. The predicted molar refractivity (Wildman–Crippen MR) is 57.6 cm³/mol. The lowest BCUT2D eigenvalue weighted by Gasteiger charge is -2.16. The number of alkyl halides is 3. The van der Waals surface area contributed by atoms with Gasteiger partial charge < -0.3 is 10.1 Å². The van der Waals surface area contributed by atoms with Crippen molar-refractivity contribution in [2.75, 3.05) is 7.05 Å². The fraction of sp³-hybridized carbons (Fsp3) is 0.500. The molecule has 1 saturated carbocycles. The van der Waals surface area contributed by atoms with Crippen molar-refractivity contribution in [2.45, 2.75) is 25.2 Å². The van der Waals surface area contributed by atoms with E-state index in [1.807, 2.05) is 7.05 Å². The summed E-state index contributed by atoms with van der Waals surface area (Å²) in [6.45, 7) is 0. The molecule has 17 heavy (non-hydrogen) atoms. The number of ether oxygens (including phenoxy) is 1. The van der Waals surface area contributed by atoms with Gasteiger partial charge in [-0.3, -0.25) is 0 Å². The fourth-order valence-corrected chi connectivity index (χ4v) is 1.98. The minimum absolute atomic E-state index is 0.174. The summed E-state index contributed by atoms with van der Waals surface area (Å²) >= 11 is 0. The van der Waals surface area contributed by atoms with Crippen LogP contribution in [0, 0.1) is 5.92 Å². The molecule has 0 saturated heterocycles. The number of benzene rings is 1. The molecule has 1 atom stereocenters. The minimum Gasteiger partial charge on any atom is -0.406 e. The first kappa shape index (κ1) is 12.2. The van der Waals surface area contributed by atoms with Gasteiger partial charge in [0.1, 0.15) is 5.75 Å². The van der Waals surface area contributed by atoms with E-state index in [2.05, 4.69) is 10.1 Å². The van der Waals surface area contributed by atoms with Crippen molar-refractivity contribution >= 4 is 0 Å². The molecule has 94 valence electrons. The third-order valence-electron chi connectivity index (χ3n) is 2.88. The summed E-state index contributed by atoms with van der Waals surface area (Å²) in [5.74, 6) is 0.432. The maximum Gasteiger partial charge on any atom is 0.573 e. The molecule has 1 N–H and O–H groups in total. The Balaban J connectivity index is 2.06. The van der Waals surface area contributed by atoms with Crippen LogP contribution in [0.2, 0.25) is 0 Å². The zero-order valence-electron chi connectivity index (χ0n) is 9.42. The van der Waals surface area contributed by atoms with Gasteiger partial charge in [-0.2, -0.15) is 0 Å². The van der Waals surface area contributed by atoms with Crippen molar-refractivity contribution < 1.29 is 17.9 Å². The molecule has 1 aromatic carbocycles. The maximum absolute atomic E-state index is 12.0.